The van der Waals surface area contributed by atoms with Crippen LogP contribution in [0.2, 0.25) is 4.34 Å². The molecule has 0 fully saturated rings. The van der Waals surface area contributed by atoms with Crippen LogP contribution >= 0.6 is 22.9 Å². The van der Waals surface area contributed by atoms with E-state index < -0.39 is 4.92 Å². The van der Waals surface area contributed by atoms with Gasteiger partial charge in [0, 0.05) is 11.4 Å². The Hall–Kier alpha value is -1.79. The van der Waals surface area contributed by atoms with Crippen molar-refractivity contribution in [1.29, 1.82) is 0 Å². The van der Waals surface area contributed by atoms with E-state index in [1.54, 1.807) is 25.1 Å². The second-order valence-electron chi connectivity index (χ2n) is 4.23. The molecule has 0 amide bonds. The fourth-order valence-corrected chi connectivity index (χ4v) is 3.02. The quantitative estimate of drug-likeness (QED) is 0.606. The lowest BCUT2D eigenvalue weighted by Crippen LogP contribution is -2.07. The Kier molecular flexibility index (Phi) is 5.41. The number of halogens is 1. The smallest absolute Gasteiger partial charge is 0.333 e. The van der Waals surface area contributed by atoms with Crippen molar-refractivity contribution in [2.24, 2.45) is 0 Å². The maximum atomic E-state index is 11.2. The molecule has 2 aromatic rings. The fourth-order valence-electron chi connectivity index (χ4n) is 1.93. The third kappa shape index (κ3) is 4.09. The standard InChI is InChI=1S/C14H15ClN2O3S/c1-2-20-12-5-3-4-11(14(12)17(18)19)16-9-8-10-6-7-13(15)21-10/h3-7,16H,2,8-9H2,1H3. The topological polar surface area (TPSA) is 64.4 Å². The molecule has 0 spiro atoms. The Morgan fingerprint density at radius 3 is 2.81 bits per heavy atom. The van der Waals surface area contributed by atoms with Crippen molar-refractivity contribution in [1.82, 2.24) is 0 Å². The Bertz CT molecular complexity index is 630. The van der Waals surface area contributed by atoms with E-state index in [1.807, 2.05) is 12.1 Å². The molecule has 1 N–H and O–H groups in total. The van der Waals surface area contributed by atoms with E-state index in [0.29, 0.717) is 18.8 Å². The van der Waals surface area contributed by atoms with Crippen molar-refractivity contribution >= 4 is 34.3 Å². The van der Waals surface area contributed by atoms with Gasteiger partial charge >= 0.3 is 5.69 Å². The number of para-hydroxylation sites is 1. The Morgan fingerprint density at radius 1 is 1.38 bits per heavy atom. The molecular weight excluding hydrogens is 312 g/mol. The first-order valence-electron chi connectivity index (χ1n) is 6.50. The van der Waals surface area contributed by atoms with Gasteiger partial charge in [0.05, 0.1) is 15.9 Å². The number of nitrogens with zero attached hydrogens (tertiary/aromatic N) is 1. The van der Waals surface area contributed by atoms with Crippen LogP contribution in [0.3, 0.4) is 0 Å². The fraction of sp³-hybridized carbons (Fsp3) is 0.286. The highest BCUT2D eigenvalue weighted by Crippen LogP contribution is 2.34. The SMILES string of the molecule is CCOc1cccc(NCCc2ccc(Cl)s2)c1[N+](=O)[O-]. The first-order chi connectivity index (χ1) is 10.1. The number of hydrogen-bond acceptors (Lipinski definition) is 5. The van der Waals surface area contributed by atoms with E-state index in [9.17, 15) is 10.1 Å². The second kappa shape index (κ2) is 7.28. The lowest BCUT2D eigenvalue weighted by molar-refractivity contribution is -0.384. The summed E-state index contributed by atoms with van der Waals surface area (Å²) in [4.78, 5) is 11.9. The van der Waals surface area contributed by atoms with Gasteiger partial charge in [-0.2, -0.15) is 0 Å². The minimum atomic E-state index is -0.421. The molecule has 0 bridgehead atoms. The molecule has 0 aliphatic heterocycles. The van der Waals surface area contributed by atoms with Gasteiger partial charge in [-0.05, 0) is 37.6 Å². The summed E-state index contributed by atoms with van der Waals surface area (Å²) >= 11 is 7.38. The molecule has 112 valence electrons. The first kappa shape index (κ1) is 15.6. The van der Waals surface area contributed by atoms with Crippen molar-refractivity contribution in [3.63, 3.8) is 0 Å². The van der Waals surface area contributed by atoms with E-state index in [-0.39, 0.29) is 11.4 Å². The highest BCUT2D eigenvalue weighted by atomic mass is 35.5. The third-order valence-electron chi connectivity index (χ3n) is 2.80. The zero-order chi connectivity index (χ0) is 15.2. The predicted molar refractivity (Wildman–Crippen MR) is 85.8 cm³/mol. The Balaban J connectivity index is 2.08. The van der Waals surface area contributed by atoms with Crippen molar-refractivity contribution in [3.05, 3.63) is 49.7 Å². The zero-order valence-corrected chi connectivity index (χ0v) is 13.0. The number of thiophene rings is 1. The maximum Gasteiger partial charge on any atom is 0.333 e. The highest BCUT2D eigenvalue weighted by Gasteiger charge is 2.20. The average molecular weight is 327 g/mol. The van der Waals surface area contributed by atoms with E-state index in [2.05, 4.69) is 5.32 Å². The molecule has 5 nitrogen and oxygen atoms in total. The van der Waals surface area contributed by atoms with Crippen LogP contribution in [0.15, 0.2) is 30.3 Å². The largest absolute Gasteiger partial charge is 0.487 e. The van der Waals surface area contributed by atoms with Crippen molar-refractivity contribution in [3.8, 4) is 5.75 Å². The van der Waals surface area contributed by atoms with Crippen LogP contribution < -0.4 is 10.1 Å². The van der Waals surface area contributed by atoms with Gasteiger partial charge in [-0.1, -0.05) is 17.7 Å². The third-order valence-corrected chi connectivity index (χ3v) is 4.09. The summed E-state index contributed by atoms with van der Waals surface area (Å²) in [6, 6.07) is 8.83. The van der Waals surface area contributed by atoms with Gasteiger partial charge in [0.25, 0.3) is 0 Å². The van der Waals surface area contributed by atoms with Crippen LogP contribution in [0.1, 0.15) is 11.8 Å². The number of hydrogen-bond donors (Lipinski definition) is 1. The molecule has 0 saturated heterocycles. The number of anilines is 1. The minimum Gasteiger partial charge on any atom is -0.487 e. The monoisotopic (exact) mass is 326 g/mol. The molecule has 0 saturated carbocycles. The van der Waals surface area contributed by atoms with Gasteiger partial charge in [-0.25, -0.2) is 0 Å². The number of nitro benzene ring substituents is 1. The average Bonchev–Trinajstić information content (AvgIpc) is 2.85. The van der Waals surface area contributed by atoms with Crippen LogP contribution in [0, 0.1) is 10.1 Å². The summed E-state index contributed by atoms with van der Waals surface area (Å²) in [7, 11) is 0. The predicted octanol–water partition coefficient (Wildman–Crippen LogP) is 4.36. The first-order valence-corrected chi connectivity index (χ1v) is 7.69. The summed E-state index contributed by atoms with van der Waals surface area (Å²) in [6.45, 7) is 2.77. The van der Waals surface area contributed by atoms with Gasteiger partial charge in [0.15, 0.2) is 5.75 Å². The molecule has 1 aromatic heterocycles. The van der Waals surface area contributed by atoms with Crippen molar-refractivity contribution < 1.29 is 9.66 Å². The molecule has 0 atom stereocenters. The van der Waals surface area contributed by atoms with Crippen LogP contribution in [0.25, 0.3) is 0 Å². The molecule has 0 aliphatic carbocycles. The van der Waals surface area contributed by atoms with E-state index in [0.717, 1.165) is 15.6 Å². The Labute approximate surface area is 131 Å². The van der Waals surface area contributed by atoms with Crippen molar-refractivity contribution in [2.45, 2.75) is 13.3 Å². The molecular formula is C14H15ClN2O3S. The van der Waals surface area contributed by atoms with E-state index in [1.165, 1.54) is 11.3 Å². The zero-order valence-electron chi connectivity index (χ0n) is 11.5. The molecule has 21 heavy (non-hydrogen) atoms. The number of nitro groups is 1. The molecule has 0 radical (unpaired) electrons. The van der Waals surface area contributed by atoms with Gasteiger partial charge in [-0.15, -0.1) is 11.3 Å². The lowest BCUT2D eigenvalue weighted by atomic mass is 10.2. The van der Waals surface area contributed by atoms with Crippen LogP contribution in [-0.4, -0.2) is 18.1 Å². The molecule has 1 heterocycles. The summed E-state index contributed by atoms with van der Waals surface area (Å²) in [5.41, 5.74) is 0.442. The highest BCUT2D eigenvalue weighted by molar-refractivity contribution is 7.16. The van der Waals surface area contributed by atoms with Crippen molar-refractivity contribution in [2.75, 3.05) is 18.5 Å². The van der Waals surface area contributed by atoms with Gasteiger partial charge < -0.3 is 10.1 Å². The van der Waals surface area contributed by atoms with Crippen LogP contribution in [0.5, 0.6) is 5.75 Å². The van der Waals surface area contributed by atoms with E-state index >= 15 is 0 Å². The Morgan fingerprint density at radius 2 is 2.19 bits per heavy atom. The van der Waals surface area contributed by atoms with Gasteiger partial charge in [0.1, 0.15) is 5.69 Å². The van der Waals surface area contributed by atoms with Gasteiger partial charge in [-0.3, -0.25) is 10.1 Å². The van der Waals surface area contributed by atoms with Gasteiger partial charge in [0.2, 0.25) is 0 Å². The molecule has 1 aromatic carbocycles. The minimum absolute atomic E-state index is 0.0245. The molecule has 0 unspecified atom stereocenters. The molecule has 7 heteroatoms. The molecule has 0 aliphatic rings. The summed E-state index contributed by atoms with van der Waals surface area (Å²) < 4.78 is 6.05. The van der Waals surface area contributed by atoms with Crippen LogP contribution in [0.4, 0.5) is 11.4 Å². The van der Waals surface area contributed by atoms with Crippen LogP contribution in [-0.2, 0) is 6.42 Å². The molecule has 2 rings (SSSR count). The number of rotatable bonds is 7. The maximum absolute atomic E-state index is 11.2. The lowest BCUT2D eigenvalue weighted by Gasteiger charge is -2.10. The normalized spacial score (nSPS) is 10.4. The van der Waals surface area contributed by atoms with E-state index in [4.69, 9.17) is 16.3 Å². The number of ether oxygens (including phenoxy) is 1. The number of nitrogens with one attached hydrogen (secondary N) is 1. The summed E-state index contributed by atoms with van der Waals surface area (Å²) in [5.74, 6) is 0.284. The summed E-state index contributed by atoms with van der Waals surface area (Å²) in [6.07, 6.45) is 0.757. The summed E-state index contributed by atoms with van der Waals surface area (Å²) in [5, 5.41) is 14.3. The number of benzene rings is 1. The second-order valence-corrected chi connectivity index (χ2v) is 6.02.